The Hall–Kier alpha value is -2.89. The first-order chi connectivity index (χ1) is 14.6. The van der Waals surface area contributed by atoms with Gasteiger partial charge in [0.05, 0.1) is 6.42 Å². The zero-order chi connectivity index (χ0) is 23.1. The van der Waals surface area contributed by atoms with E-state index in [0.717, 1.165) is 0 Å². The first-order valence-corrected chi connectivity index (χ1v) is 10.2. The van der Waals surface area contributed by atoms with Crippen molar-refractivity contribution in [2.45, 2.75) is 25.9 Å². The summed E-state index contributed by atoms with van der Waals surface area (Å²) in [5.74, 6) is -1.01. The van der Waals surface area contributed by atoms with Gasteiger partial charge in [0.1, 0.15) is 23.4 Å². The Bertz CT molecular complexity index is 1000. The maximum atomic E-state index is 12.2. The number of thioether (sulfide) groups is 1. The molecule has 0 saturated carbocycles. The lowest BCUT2D eigenvalue weighted by Crippen LogP contribution is -2.22. The predicted octanol–water partition coefficient (Wildman–Crippen LogP) is 1.96. The molecule has 1 aromatic carbocycles. The van der Waals surface area contributed by atoms with Crippen LogP contribution in [0.5, 0.6) is 5.75 Å². The Morgan fingerprint density at radius 1 is 1.16 bits per heavy atom. The molecule has 2 unspecified atom stereocenters. The Kier molecular flexibility index (Phi) is 8.60. The van der Waals surface area contributed by atoms with E-state index in [2.05, 4.69) is 12.6 Å². The van der Waals surface area contributed by atoms with Crippen LogP contribution in [0.3, 0.4) is 0 Å². The van der Waals surface area contributed by atoms with Crippen LogP contribution >= 0.6 is 24.4 Å². The number of nitrogens with two attached hydrogens (primary N) is 1. The quantitative estimate of drug-likeness (QED) is 0.143. The summed E-state index contributed by atoms with van der Waals surface area (Å²) in [7, 11) is 0. The van der Waals surface area contributed by atoms with Gasteiger partial charge in [-0.3, -0.25) is 19.8 Å². The smallest absolute Gasteiger partial charge is 0.379 e. The average Bonchev–Trinajstić information content (AvgIpc) is 3.16. The highest BCUT2D eigenvalue weighted by Gasteiger charge is 2.25. The normalized spacial score (nSPS) is 12.6. The van der Waals surface area contributed by atoms with Crippen molar-refractivity contribution in [2.75, 3.05) is 0 Å². The number of benzene rings is 1. The number of hydrogen-bond acceptors (Lipinski definition) is 9. The molecule has 2 rings (SSSR count). The summed E-state index contributed by atoms with van der Waals surface area (Å²) in [5.41, 5.74) is 5.85. The average molecular weight is 465 g/mol. The third kappa shape index (κ3) is 7.39. The number of rotatable bonds is 9. The largest absolute Gasteiger partial charge is 0.454 e. The molecule has 1 aromatic heterocycles. The highest BCUT2D eigenvalue weighted by Crippen LogP contribution is 2.21. The summed E-state index contributed by atoms with van der Waals surface area (Å²) >= 11 is 3.81. The van der Waals surface area contributed by atoms with Crippen molar-refractivity contribution in [3.8, 4) is 5.75 Å². The molecule has 2 atom stereocenters. The van der Waals surface area contributed by atoms with Crippen molar-refractivity contribution in [3.63, 3.8) is 0 Å². The van der Waals surface area contributed by atoms with E-state index in [9.17, 15) is 24.3 Å². The van der Waals surface area contributed by atoms with Gasteiger partial charge in [-0.05, 0) is 48.2 Å². The molecular weight excluding hydrogens is 444 g/mol. The van der Waals surface area contributed by atoms with Crippen LogP contribution in [0, 0.1) is 11.3 Å². The summed E-state index contributed by atoms with van der Waals surface area (Å²) in [6.07, 6.45) is -1.96. The lowest BCUT2D eigenvalue weighted by atomic mass is 10.1. The highest BCUT2D eigenvalue weighted by molar-refractivity contribution is 8.26. The van der Waals surface area contributed by atoms with Gasteiger partial charge >= 0.3 is 5.97 Å². The van der Waals surface area contributed by atoms with Crippen LogP contribution in [0.15, 0.2) is 40.8 Å². The van der Waals surface area contributed by atoms with Crippen LogP contribution in [0.2, 0.25) is 0 Å². The van der Waals surface area contributed by atoms with E-state index >= 15 is 0 Å². The molecule has 9 nitrogen and oxygen atoms in total. The number of furan rings is 1. The number of amidine groups is 1. The van der Waals surface area contributed by atoms with E-state index in [0.29, 0.717) is 23.1 Å². The van der Waals surface area contributed by atoms with Crippen molar-refractivity contribution in [1.29, 1.82) is 5.41 Å². The maximum Gasteiger partial charge on any atom is 0.379 e. The zero-order valence-electron chi connectivity index (χ0n) is 16.4. The number of esters is 1. The fourth-order valence-electron chi connectivity index (χ4n) is 2.36. The van der Waals surface area contributed by atoms with Gasteiger partial charge < -0.3 is 20.0 Å². The molecule has 0 fully saturated rings. The van der Waals surface area contributed by atoms with Crippen LogP contribution < -0.4 is 10.5 Å². The minimum absolute atomic E-state index is 0.0725. The van der Waals surface area contributed by atoms with E-state index in [4.69, 9.17) is 20.3 Å². The lowest BCUT2D eigenvalue weighted by molar-refractivity contribution is -0.123. The molecule has 0 aliphatic rings. The fourth-order valence-corrected chi connectivity index (χ4v) is 3.23. The number of aliphatic hydroxyl groups excluding tert-OH is 1. The Morgan fingerprint density at radius 3 is 2.39 bits per heavy atom. The Labute approximate surface area is 187 Å². The second-order valence-electron chi connectivity index (χ2n) is 6.55. The van der Waals surface area contributed by atoms with Crippen LogP contribution in [-0.2, 0) is 20.8 Å². The second kappa shape index (κ2) is 10.9. The van der Waals surface area contributed by atoms with Crippen molar-refractivity contribution in [2.24, 2.45) is 11.7 Å². The number of thiol groups is 1. The number of nitrogens with one attached hydrogen (secondary N) is 1. The Morgan fingerprint density at radius 2 is 1.81 bits per heavy atom. The monoisotopic (exact) mass is 464 g/mol. The number of carbonyl (C=O) groups is 4. The lowest BCUT2D eigenvalue weighted by Gasteiger charge is -2.10. The van der Waals surface area contributed by atoms with E-state index in [-0.39, 0.29) is 23.8 Å². The number of hydrogen-bond donors (Lipinski definition) is 4. The number of nitrogen functional groups attached to an aromatic ring is 1. The molecule has 0 radical (unpaired) electrons. The van der Waals surface area contributed by atoms with Gasteiger partial charge in [-0.15, -0.1) is 12.6 Å². The van der Waals surface area contributed by atoms with E-state index in [1.165, 1.54) is 36.4 Å². The molecule has 0 aliphatic carbocycles. The van der Waals surface area contributed by atoms with Gasteiger partial charge in [-0.2, -0.15) is 0 Å². The van der Waals surface area contributed by atoms with Gasteiger partial charge in [0, 0.05) is 17.9 Å². The van der Waals surface area contributed by atoms with Gasteiger partial charge in [-0.25, -0.2) is 4.79 Å². The predicted molar refractivity (Wildman–Crippen MR) is 116 cm³/mol. The summed E-state index contributed by atoms with van der Waals surface area (Å²) in [6, 6.07) is 8.97. The van der Waals surface area contributed by atoms with Crippen molar-refractivity contribution >= 4 is 51.5 Å². The molecule has 0 spiro atoms. The SMILES string of the molecule is CC(Cc1ccc(C(=O)Oc2ccc(C(=N)N)cc2)o1)C(=O)SC(=O)C(O)CC(=O)S. The van der Waals surface area contributed by atoms with Crippen LogP contribution in [0.1, 0.15) is 35.2 Å². The summed E-state index contributed by atoms with van der Waals surface area (Å²) in [6.45, 7) is 1.57. The van der Waals surface area contributed by atoms with E-state index in [1.807, 2.05) is 0 Å². The first kappa shape index (κ1) is 24.4. The molecule has 11 heteroatoms. The summed E-state index contributed by atoms with van der Waals surface area (Å²) in [5, 5.41) is 14.9. The number of ether oxygens (including phenoxy) is 1. The second-order valence-corrected chi connectivity index (χ2v) is 8.06. The molecule has 0 amide bonds. The van der Waals surface area contributed by atoms with Gasteiger partial charge in [-0.1, -0.05) is 6.92 Å². The molecule has 1 heterocycles. The van der Waals surface area contributed by atoms with Gasteiger partial charge in [0.25, 0.3) is 0 Å². The zero-order valence-corrected chi connectivity index (χ0v) is 18.1. The molecule has 0 saturated heterocycles. The van der Waals surface area contributed by atoms with E-state index < -0.39 is 39.8 Å². The summed E-state index contributed by atoms with van der Waals surface area (Å²) < 4.78 is 10.6. The molecule has 31 heavy (non-hydrogen) atoms. The maximum absolute atomic E-state index is 12.2. The molecule has 4 N–H and O–H groups in total. The molecule has 0 bridgehead atoms. The fraction of sp³-hybridized carbons (Fsp3) is 0.250. The topological polar surface area (TPSA) is 161 Å². The third-order valence-electron chi connectivity index (χ3n) is 3.99. The Balaban J connectivity index is 1.91. The van der Waals surface area contributed by atoms with E-state index in [1.54, 1.807) is 6.92 Å². The van der Waals surface area contributed by atoms with Crippen LogP contribution in [-0.4, -0.2) is 38.4 Å². The van der Waals surface area contributed by atoms with Gasteiger partial charge in [0.2, 0.25) is 10.9 Å². The van der Waals surface area contributed by atoms with Crippen molar-refractivity contribution in [1.82, 2.24) is 0 Å². The van der Waals surface area contributed by atoms with Gasteiger partial charge in [0.15, 0.2) is 10.2 Å². The first-order valence-electron chi connectivity index (χ1n) is 8.97. The van der Waals surface area contributed by atoms with Crippen LogP contribution in [0.4, 0.5) is 0 Å². The molecular formula is C20H20N2O7S2. The summed E-state index contributed by atoms with van der Waals surface area (Å²) in [4.78, 5) is 47.0. The van der Waals surface area contributed by atoms with Crippen molar-refractivity contribution in [3.05, 3.63) is 53.5 Å². The molecule has 164 valence electrons. The highest BCUT2D eigenvalue weighted by atomic mass is 32.2. The number of carbonyl (C=O) groups excluding carboxylic acids is 4. The number of aliphatic hydroxyl groups is 1. The standard InChI is InChI=1S/C20H20N2O7S2/c1-10(19(26)31-20(27)14(23)9-16(24)30)8-13-6-7-15(28-13)18(25)29-12-4-2-11(3-5-12)17(21)22/h2-7,10,14,23H,8-9H2,1H3,(H3,21,22)(H,24,30). The third-order valence-corrected chi connectivity index (χ3v) is 5.25. The minimum Gasteiger partial charge on any atom is -0.454 e. The minimum atomic E-state index is -1.60. The molecule has 0 aliphatic heterocycles. The molecule has 2 aromatic rings. The van der Waals surface area contributed by atoms with Crippen LogP contribution in [0.25, 0.3) is 0 Å². The van der Waals surface area contributed by atoms with Crippen molar-refractivity contribution < 1.29 is 33.4 Å².